The fourth-order valence-corrected chi connectivity index (χ4v) is 3.67. The zero-order valence-electron chi connectivity index (χ0n) is 14.3. The highest BCUT2D eigenvalue weighted by Gasteiger charge is 2.35. The number of benzene rings is 3. The molecule has 2 unspecified atom stereocenters. The van der Waals surface area contributed by atoms with E-state index in [1.54, 1.807) is 0 Å². The van der Waals surface area contributed by atoms with E-state index in [2.05, 4.69) is 36.1 Å². The smallest absolute Gasteiger partial charge is 0.148 e. The van der Waals surface area contributed by atoms with Crippen LogP contribution in [-0.4, -0.2) is 11.8 Å². The Balaban J connectivity index is 1.80. The molecule has 4 heteroatoms. The lowest BCUT2D eigenvalue weighted by atomic mass is 10.0. The number of aliphatic imine (C=N–C) groups is 1. The summed E-state index contributed by atoms with van der Waals surface area (Å²) in [5.41, 5.74) is 4.42. The van der Waals surface area contributed by atoms with Crippen molar-refractivity contribution in [2.75, 3.05) is 4.90 Å². The van der Waals surface area contributed by atoms with Crippen molar-refractivity contribution < 1.29 is 0 Å². The van der Waals surface area contributed by atoms with Gasteiger partial charge in [0.05, 0.1) is 11.8 Å². The fourth-order valence-electron chi connectivity index (χ4n) is 3.42. The van der Waals surface area contributed by atoms with E-state index in [0.29, 0.717) is 0 Å². The number of nitrogens with zero attached hydrogens (tertiary/aromatic N) is 2. The molecule has 0 bridgehead atoms. The summed E-state index contributed by atoms with van der Waals surface area (Å²) < 4.78 is 0. The molecule has 0 radical (unpaired) electrons. The lowest BCUT2D eigenvalue weighted by molar-refractivity contribution is 0.675. The number of hydrogen-bond acceptors (Lipinski definition) is 2. The molecule has 3 aromatic rings. The quantitative estimate of drug-likeness (QED) is 0.513. The molecule has 0 N–H and O–H groups in total. The normalized spacial score (nSPS) is 19.5. The molecule has 0 fully saturated rings. The Morgan fingerprint density at radius 3 is 1.96 bits per heavy atom. The SMILES string of the molecule is CC1C(c2ccc(Cl)cc2)=NC(c2ccc(Cl)cc2)N1c1ccccc1. The van der Waals surface area contributed by atoms with Crippen LogP contribution in [0.25, 0.3) is 0 Å². The van der Waals surface area contributed by atoms with Crippen molar-refractivity contribution >= 4 is 34.6 Å². The Morgan fingerprint density at radius 2 is 1.35 bits per heavy atom. The van der Waals surface area contributed by atoms with Crippen molar-refractivity contribution in [1.29, 1.82) is 0 Å². The van der Waals surface area contributed by atoms with Crippen LogP contribution in [0.4, 0.5) is 5.69 Å². The Hall–Kier alpha value is -2.29. The van der Waals surface area contributed by atoms with Crippen molar-refractivity contribution in [3.8, 4) is 0 Å². The summed E-state index contributed by atoms with van der Waals surface area (Å²) in [5.74, 6) is 0. The highest BCUT2D eigenvalue weighted by Crippen LogP contribution is 2.37. The van der Waals surface area contributed by atoms with Gasteiger partial charge in [-0.05, 0) is 54.4 Å². The van der Waals surface area contributed by atoms with Gasteiger partial charge in [0.15, 0.2) is 0 Å². The molecule has 0 saturated heterocycles. The van der Waals surface area contributed by atoms with Gasteiger partial charge in [0.2, 0.25) is 0 Å². The Labute approximate surface area is 163 Å². The maximum Gasteiger partial charge on any atom is 0.148 e. The van der Waals surface area contributed by atoms with Crippen molar-refractivity contribution in [3.05, 3.63) is 100 Å². The van der Waals surface area contributed by atoms with Crippen LogP contribution < -0.4 is 4.90 Å². The second kappa shape index (κ2) is 7.14. The highest BCUT2D eigenvalue weighted by molar-refractivity contribution is 6.31. The summed E-state index contributed by atoms with van der Waals surface area (Å²) in [7, 11) is 0. The van der Waals surface area contributed by atoms with Crippen LogP contribution in [0.1, 0.15) is 24.2 Å². The van der Waals surface area contributed by atoms with E-state index < -0.39 is 0 Å². The first-order valence-electron chi connectivity index (χ1n) is 8.56. The summed E-state index contributed by atoms with van der Waals surface area (Å²) in [6.45, 7) is 2.19. The molecular formula is C22H18Cl2N2. The van der Waals surface area contributed by atoms with Gasteiger partial charge in [-0.3, -0.25) is 4.99 Å². The number of para-hydroxylation sites is 1. The van der Waals surface area contributed by atoms with E-state index in [1.165, 1.54) is 0 Å². The van der Waals surface area contributed by atoms with Crippen molar-refractivity contribution in [3.63, 3.8) is 0 Å². The summed E-state index contributed by atoms with van der Waals surface area (Å²) in [4.78, 5) is 7.42. The maximum absolute atomic E-state index is 6.08. The average molecular weight is 381 g/mol. The highest BCUT2D eigenvalue weighted by atomic mass is 35.5. The van der Waals surface area contributed by atoms with Gasteiger partial charge in [-0.25, -0.2) is 0 Å². The summed E-state index contributed by atoms with van der Waals surface area (Å²) in [6, 6.07) is 26.3. The van der Waals surface area contributed by atoms with Gasteiger partial charge in [-0.2, -0.15) is 0 Å². The number of anilines is 1. The van der Waals surface area contributed by atoms with E-state index in [1.807, 2.05) is 54.6 Å². The molecule has 0 aliphatic carbocycles. The lowest BCUT2D eigenvalue weighted by Crippen LogP contribution is -2.35. The van der Waals surface area contributed by atoms with Crippen LogP contribution in [-0.2, 0) is 0 Å². The lowest BCUT2D eigenvalue weighted by Gasteiger charge is -2.30. The first kappa shape index (κ1) is 17.1. The molecule has 130 valence electrons. The van der Waals surface area contributed by atoms with Crippen LogP contribution in [0.3, 0.4) is 0 Å². The van der Waals surface area contributed by atoms with Crippen molar-refractivity contribution in [2.24, 2.45) is 4.99 Å². The minimum atomic E-state index is -0.0876. The molecule has 0 spiro atoms. The Morgan fingerprint density at radius 1 is 0.769 bits per heavy atom. The average Bonchev–Trinajstić information content (AvgIpc) is 3.01. The van der Waals surface area contributed by atoms with E-state index in [-0.39, 0.29) is 12.2 Å². The third-order valence-electron chi connectivity index (χ3n) is 4.70. The molecule has 0 aromatic heterocycles. The summed E-state index contributed by atoms with van der Waals surface area (Å²) in [6.07, 6.45) is -0.0876. The van der Waals surface area contributed by atoms with Gasteiger partial charge in [0, 0.05) is 15.7 Å². The molecule has 2 atom stereocenters. The number of halogens is 2. The van der Waals surface area contributed by atoms with E-state index in [4.69, 9.17) is 28.2 Å². The van der Waals surface area contributed by atoms with E-state index >= 15 is 0 Å². The molecule has 2 nitrogen and oxygen atoms in total. The first-order chi connectivity index (χ1) is 12.6. The summed E-state index contributed by atoms with van der Waals surface area (Å²) in [5, 5.41) is 1.46. The first-order valence-corrected chi connectivity index (χ1v) is 9.31. The van der Waals surface area contributed by atoms with Crippen LogP contribution in [0, 0.1) is 0 Å². The zero-order chi connectivity index (χ0) is 18.1. The molecule has 4 rings (SSSR count). The third kappa shape index (κ3) is 3.23. The zero-order valence-corrected chi connectivity index (χ0v) is 15.8. The number of rotatable bonds is 3. The van der Waals surface area contributed by atoms with E-state index in [0.717, 1.165) is 32.6 Å². The second-order valence-electron chi connectivity index (χ2n) is 6.37. The molecular weight excluding hydrogens is 363 g/mol. The van der Waals surface area contributed by atoms with Gasteiger partial charge in [-0.15, -0.1) is 0 Å². The van der Waals surface area contributed by atoms with Gasteiger partial charge in [0.1, 0.15) is 6.17 Å². The molecule has 1 heterocycles. The standard InChI is InChI=1S/C22H18Cl2N2/c1-15-21(16-7-11-18(23)12-8-16)25-22(17-9-13-19(24)14-10-17)26(15)20-5-3-2-4-6-20/h2-15,22H,1H3. The molecule has 1 aliphatic heterocycles. The fraction of sp³-hybridized carbons (Fsp3) is 0.136. The Kier molecular flexibility index (Phi) is 4.71. The largest absolute Gasteiger partial charge is 0.337 e. The van der Waals surface area contributed by atoms with Crippen molar-refractivity contribution in [1.82, 2.24) is 0 Å². The Bertz CT molecular complexity index is 919. The molecule has 26 heavy (non-hydrogen) atoms. The minimum absolute atomic E-state index is 0.0876. The third-order valence-corrected chi connectivity index (χ3v) is 5.20. The monoisotopic (exact) mass is 380 g/mol. The molecule has 0 saturated carbocycles. The maximum atomic E-state index is 6.08. The second-order valence-corrected chi connectivity index (χ2v) is 7.24. The number of hydrogen-bond donors (Lipinski definition) is 0. The van der Waals surface area contributed by atoms with Crippen LogP contribution in [0.2, 0.25) is 10.0 Å². The minimum Gasteiger partial charge on any atom is -0.337 e. The van der Waals surface area contributed by atoms with E-state index in [9.17, 15) is 0 Å². The predicted octanol–water partition coefficient (Wildman–Crippen LogP) is 6.39. The van der Waals surface area contributed by atoms with Crippen LogP contribution in [0.5, 0.6) is 0 Å². The topological polar surface area (TPSA) is 15.6 Å². The molecule has 1 aliphatic rings. The van der Waals surface area contributed by atoms with Crippen LogP contribution in [0.15, 0.2) is 83.9 Å². The van der Waals surface area contributed by atoms with Gasteiger partial charge < -0.3 is 4.90 Å². The molecule has 0 amide bonds. The molecule has 3 aromatic carbocycles. The van der Waals surface area contributed by atoms with Gasteiger partial charge >= 0.3 is 0 Å². The van der Waals surface area contributed by atoms with Crippen LogP contribution >= 0.6 is 23.2 Å². The van der Waals surface area contributed by atoms with Crippen molar-refractivity contribution in [2.45, 2.75) is 19.1 Å². The van der Waals surface area contributed by atoms with Gasteiger partial charge in [-0.1, -0.05) is 65.7 Å². The summed E-state index contributed by atoms with van der Waals surface area (Å²) >= 11 is 12.1. The van der Waals surface area contributed by atoms with Gasteiger partial charge in [0.25, 0.3) is 0 Å². The predicted molar refractivity (Wildman–Crippen MR) is 111 cm³/mol.